The SMILES string of the molecule is c1ccc2c(c1)CCc1ccccc1N2CC1CCNCC1. The van der Waals surface area contributed by atoms with Gasteiger partial charge < -0.3 is 10.2 Å². The fourth-order valence-corrected chi connectivity index (χ4v) is 3.89. The Bertz CT molecular complexity index is 596. The summed E-state index contributed by atoms with van der Waals surface area (Å²) in [4.78, 5) is 2.59. The number of aryl methyl sites for hydroxylation is 2. The van der Waals surface area contributed by atoms with Gasteiger partial charge >= 0.3 is 0 Å². The molecular weight excluding hydrogens is 268 g/mol. The Kier molecular flexibility index (Phi) is 3.86. The Labute approximate surface area is 133 Å². The van der Waals surface area contributed by atoms with Crippen LogP contribution in [0.1, 0.15) is 24.0 Å². The number of benzene rings is 2. The van der Waals surface area contributed by atoms with E-state index in [2.05, 4.69) is 58.7 Å². The Morgan fingerprint density at radius 3 is 1.95 bits per heavy atom. The highest BCUT2D eigenvalue weighted by Crippen LogP contribution is 2.37. The van der Waals surface area contributed by atoms with E-state index in [1.807, 2.05) is 0 Å². The van der Waals surface area contributed by atoms with E-state index in [-0.39, 0.29) is 0 Å². The van der Waals surface area contributed by atoms with Crippen molar-refractivity contribution in [1.82, 2.24) is 5.32 Å². The van der Waals surface area contributed by atoms with Crippen LogP contribution in [0.4, 0.5) is 11.4 Å². The van der Waals surface area contributed by atoms with E-state index in [1.165, 1.54) is 48.4 Å². The second-order valence-corrected chi connectivity index (χ2v) is 6.56. The van der Waals surface area contributed by atoms with E-state index in [4.69, 9.17) is 0 Å². The molecule has 1 N–H and O–H groups in total. The largest absolute Gasteiger partial charge is 0.341 e. The van der Waals surface area contributed by atoms with Crippen molar-refractivity contribution in [3.8, 4) is 0 Å². The molecule has 0 aliphatic carbocycles. The van der Waals surface area contributed by atoms with Crippen molar-refractivity contribution in [2.45, 2.75) is 25.7 Å². The standard InChI is InChI=1S/C20H24N2/c1-3-7-19-17(5-1)9-10-18-6-2-4-8-20(18)22(19)15-16-11-13-21-14-12-16/h1-8,16,21H,9-15H2. The number of para-hydroxylation sites is 2. The summed E-state index contributed by atoms with van der Waals surface area (Å²) < 4.78 is 0. The van der Waals surface area contributed by atoms with Crippen molar-refractivity contribution < 1.29 is 0 Å². The van der Waals surface area contributed by atoms with Gasteiger partial charge in [0.15, 0.2) is 0 Å². The maximum atomic E-state index is 3.48. The van der Waals surface area contributed by atoms with Crippen molar-refractivity contribution in [2.75, 3.05) is 24.5 Å². The number of fused-ring (bicyclic) bond motifs is 2. The Hall–Kier alpha value is -1.80. The van der Waals surface area contributed by atoms with Crippen molar-refractivity contribution in [2.24, 2.45) is 5.92 Å². The Morgan fingerprint density at radius 2 is 1.36 bits per heavy atom. The molecule has 2 aliphatic rings. The summed E-state index contributed by atoms with van der Waals surface area (Å²) in [6.45, 7) is 3.49. The normalized spacial score (nSPS) is 18.5. The summed E-state index contributed by atoms with van der Waals surface area (Å²) in [7, 11) is 0. The first-order valence-corrected chi connectivity index (χ1v) is 8.56. The minimum atomic E-state index is 0.792. The maximum Gasteiger partial charge on any atom is 0.0443 e. The smallest absolute Gasteiger partial charge is 0.0443 e. The molecule has 0 bridgehead atoms. The molecule has 2 aromatic rings. The number of rotatable bonds is 2. The molecule has 2 nitrogen and oxygen atoms in total. The van der Waals surface area contributed by atoms with Crippen LogP contribution in [-0.2, 0) is 12.8 Å². The third kappa shape index (κ3) is 2.64. The first kappa shape index (κ1) is 13.8. The average Bonchev–Trinajstić information content (AvgIpc) is 2.74. The lowest BCUT2D eigenvalue weighted by Gasteiger charge is -2.32. The van der Waals surface area contributed by atoms with Gasteiger partial charge in [0, 0.05) is 17.9 Å². The molecule has 0 spiro atoms. The van der Waals surface area contributed by atoms with Crippen LogP contribution >= 0.6 is 0 Å². The number of nitrogens with zero attached hydrogens (tertiary/aromatic N) is 1. The van der Waals surface area contributed by atoms with E-state index < -0.39 is 0 Å². The number of piperidine rings is 1. The summed E-state index contributed by atoms with van der Waals surface area (Å²) in [5.74, 6) is 0.792. The van der Waals surface area contributed by atoms with E-state index in [0.29, 0.717) is 0 Å². The third-order valence-electron chi connectivity index (χ3n) is 5.13. The van der Waals surface area contributed by atoms with Crippen LogP contribution < -0.4 is 10.2 Å². The lowest BCUT2D eigenvalue weighted by Crippen LogP contribution is -2.34. The molecule has 4 rings (SSSR count). The van der Waals surface area contributed by atoms with Crippen molar-refractivity contribution >= 4 is 11.4 Å². The lowest BCUT2D eigenvalue weighted by atomic mass is 9.96. The monoisotopic (exact) mass is 292 g/mol. The number of anilines is 2. The maximum absolute atomic E-state index is 3.48. The molecule has 1 fully saturated rings. The molecule has 0 unspecified atom stereocenters. The second kappa shape index (κ2) is 6.13. The van der Waals surface area contributed by atoms with Gasteiger partial charge in [0.25, 0.3) is 0 Å². The van der Waals surface area contributed by atoms with Crippen LogP contribution in [0.2, 0.25) is 0 Å². The molecule has 114 valence electrons. The molecule has 0 saturated carbocycles. The number of nitrogens with one attached hydrogen (secondary N) is 1. The van der Waals surface area contributed by atoms with Gasteiger partial charge in [0.2, 0.25) is 0 Å². The van der Waals surface area contributed by atoms with Crippen LogP contribution in [0.25, 0.3) is 0 Å². The molecule has 0 radical (unpaired) electrons. The number of hydrogen-bond donors (Lipinski definition) is 1. The Morgan fingerprint density at radius 1 is 0.818 bits per heavy atom. The van der Waals surface area contributed by atoms with E-state index in [1.54, 1.807) is 0 Å². The van der Waals surface area contributed by atoms with Crippen LogP contribution in [-0.4, -0.2) is 19.6 Å². The first-order chi connectivity index (χ1) is 10.9. The predicted octanol–water partition coefficient (Wildman–Crippen LogP) is 3.92. The van der Waals surface area contributed by atoms with Crippen molar-refractivity contribution in [1.29, 1.82) is 0 Å². The molecule has 1 saturated heterocycles. The first-order valence-electron chi connectivity index (χ1n) is 8.56. The van der Waals surface area contributed by atoms with Crippen molar-refractivity contribution in [3.05, 3.63) is 59.7 Å². The molecule has 2 heteroatoms. The Balaban J connectivity index is 1.73. The predicted molar refractivity (Wildman–Crippen MR) is 92.9 cm³/mol. The van der Waals surface area contributed by atoms with Crippen LogP contribution in [0.15, 0.2) is 48.5 Å². The van der Waals surface area contributed by atoms with Gasteiger partial charge in [-0.3, -0.25) is 0 Å². The van der Waals surface area contributed by atoms with Gasteiger partial charge in [0.1, 0.15) is 0 Å². The molecule has 2 heterocycles. The number of hydrogen-bond acceptors (Lipinski definition) is 2. The summed E-state index contributed by atoms with van der Waals surface area (Å²) in [5, 5.41) is 3.48. The summed E-state index contributed by atoms with van der Waals surface area (Å²) in [6, 6.07) is 17.9. The average molecular weight is 292 g/mol. The zero-order valence-electron chi connectivity index (χ0n) is 13.1. The van der Waals surface area contributed by atoms with E-state index >= 15 is 0 Å². The topological polar surface area (TPSA) is 15.3 Å². The molecule has 2 aromatic carbocycles. The van der Waals surface area contributed by atoms with Gasteiger partial charge in [-0.25, -0.2) is 0 Å². The van der Waals surface area contributed by atoms with Gasteiger partial charge in [-0.15, -0.1) is 0 Å². The zero-order valence-corrected chi connectivity index (χ0v) is 13.1. The molecule has 2 aliphatic heterocycles. The van der Waals surface area contributed by atoms with Gasteiger partial charge in [-0.05, 0) is 68.0 Å². The van der Waals surface area contributed by atoms with Gasteiger partial charge in [-0.2, -0.15) is 0 Å². The van der Waals surface area contributed by atoms with Crippen LogP contribution in [0.3, 0.4) is 0 Å². The van der Waals surface area contributed by atoms with E-state index in [0.717, 1.165) is 25.3 Å². The van der Waals surface area contributed by atoms with Gasteiger partial charge in [-0.1, -0.05) is 36.4 Å². The highest BCUT2D eigenvalue weighted by molar-refractivity contribution is 5.71. The molecular formula is C20H24N2. The van der Waals surface area contributed by atoms with Gasteiger partial charge in [0.05, 0.1) is 0 Å². The lowest BCUT2D eigenvalue weighted by molar-refractivity contribution is 0.380. The zero-order chi connectivity index (χ0) is 14.8. The summed E-state index contributed by atoms with van der Waals surface area (Å²) >= 11 is 0. The van der Waals surface area contributed by atoms with Crippen LogP contribution in [0, 0.1) is 5.92 Å². The fourth-order valence-electron chi connectivity index (χ4n) is 3.89. The minimum absolute atomic E-state index is 0.792. The fraction of sp³-hybridized carbons (Fsp3) is 0.400. The van der Waals surface area contributed by atoms with Crippen molar-refractivity contribution in [3.63, 3.8) is 0 Å². The molecule has 0 aromatic heterocycles. The third-order valence-corrected chi connectivity index (χ3v) is 5.13. The van der Waals surface area contributed by atoms with Crippen LogP contribution in [0.5, 0.6) is 0 Å². The highest BCUT2D eigenvalue weighted by atomic mass is 15.1. The molecule has 0 amide bonds. The quantitative estimate of drug-likeness (QED) is 0.902. The highest BCUT2D eigenvalue weighted by Gasteiger charge is 2.23. The second-order valence-electron chi connectivity index (χ2n) is 6.56. The minimum Gasteiger partial charge on any atom is -0.341 e. The summed E-state index contributed by atoms with van der Waals surface area (Å²) in [6.07, 6.45) is 4.88. The van der Waals surface area contributed by atoms with E-state index in [9.17, 15) is 0 Å². The molecule has 22 heavy (non-hydrogen) atoms. The summed E-state index contributed by atoms with van der Waals surface area (Å²) in [5.41, 5.74) is 5.83. The molecule has 0 atom stereocenters.